The van der Waals surface area contributed by atoms with Crippen LogP contribution in [0.3, 0.4) is 0 Å². The van der Waals surface area contributed by atoms with Gasteiger partial charge in [0.15, 0.2) is 12.4 Å². The summed E-state index contributed by atoms with van der Waals surface area (Å²) in [6, 6.07) is 16.3. The molecule has 4 aromatic rings. The number of carbonyl (C=O) groups is 1. The van der Waals surface area contributed by atoms with E-state index >= 15 is 0 Å². The zero-order valence-electron chi connectivity index (χ0n) is 22.8. The third kappa shape index (κ3) is 6.41. The van der Waals surface area contributed by atoms with Crippen LogP contribution in [0.1, 0.15) is 49.4 Å². The minimum atomic E-state index is -0.635. The molecule has 1 amide bonds. The van der Waals surface area contributed by atoms with Gasteiger partial charge in [-0.2, -0.15) is 9.78 Å². The maximum absolute atomic E-state index is 13.5. The van der Waals surface area contributed by atoms with Crippen molar-refractivity contribution in [3.8, 4) is 11.5 Å². The van der Waals surface area contributed by atoms with Gasteiger partial charge in [-0.3, -0.25) is 19.7 Å². The van der Waals surface area contributed by atoms with Gasteiger partial charge in [0.25, 0.3) is 11.5 Å². The lowest BCUT2D eigenvalue weighted by Gasteiger charge is -2.22. The fourth-order valence-electron chi connectivity index (χ4n) is 4.98. The van der Waals surface area contributed by atoms with Gasteiger partial charge in [0, 0.05) is 28.3 Å². The summed E-state index contributed by atoms with van der Waals surface area (Å²) in [5.41, 5.74) is 0.656. The second kappa shape index (κ2) is 12.8. The number of methoxy groups -OCH3 is 1. The van der Waals surface area contributed by atoms with Crippen molar-refractivity contribution in [2.24, 2.45) is 5.10 Å². The Morgan fingerprint density at radius 2 is 1.90 bits per heavy atom. The van der Waals surface area contributed by atoms with Gasteiger partial charge in [0.05, 0.1) is 29.2 Å². The summed E-state index contributed by atoms with van der Waals surface area (Å²) in [4.78, 5) is 42.0. The molecule has 12 heteroatoms. The molecular formula is C30H28ClN5O6. The van der Waals surface area contributed by atoms with Crippen molar-refractivity contribution in [1.29, 1.82) is 0 Å². The molecule has 1 aromatic heterocycles. The molecule has 1 fully saturated rings. The molecule has 0 radical (unpaired) electrons. The van der Waals surface area contributed by atoms with E-state index in [9.17, 15) is 19.7 Å². The first kappa shape index (κ1) is 28.7. The molecule has 11 nitrogen and oxygen atoms in total. The number of ether oxygens (including phenoxy) is 2. The Kier molecular flexibility index (Phi) is 8.77. The number of hydrogen-bond donors (Lipinski definition) is 1. The number of para-hydroxylation sites is 1. The van der Waals surface area contributed by atoms with Crippen LogP contribution < -0.4 is 20.3 Å². The van der Waals surface area contributed by atoms with Crippen molar-refractivity contribution in [1.82, 2.24) is 9.66 Å². The molecule has 216 valence electrons. The van der Waals surface area contributed by atoms with Gasteiger partial charge in [-0.25, -0.2) is 4.98 Å². The monoisotopic (exact) mass is 589 g/mol. The Morgan fingerprint density at radius 1 is 1.17 bits per heavy atom. The lowest BCUT2D eigenvalue weighted by atomic mass is 9.88. The summed E-state index contributed by atoms with van der Waals surface area (Å²) in [6.07, 6.45) is 6.38. The van der Waals surface area contributed by atoms with E-state index in [0.29, 0.717) is 33.0 Å². The van der Waals surface area contributed by atoms with Crippen molar-refractivity contribution in [3.63, 3.8) is 0 Å². The van der Waals surface area contributed by atoms with Gasteiger partial charge in [0.2, 0.25) is 5.75 Å². The van der Waals surface area contributed by atoms with Crippen molar-refractivity contribution >= 4 is 46.0 Å². The molecular weight excluding hydrogens is 562 g/mol. The number of aromatic nitrogens is 2. The first-order valence-electron chi connectivity index (χ1n) is 13.4. The van der Waals surface area contributed by atoms with Gasteiger partial charge < -0.3 is 14.8 Å². The maximum Gasteiger partial charge on any atom is 0.315 e. The average molecular weight is 590 g/mol. The summed E-state index contributed by atoms with van der Waals surface area (Å²) in [5.74, 6) is -0.0628. The zero-order valence-corrected chi connectivity index (χ0v) is 23.5. The standard InChI is InChI=1S/C30H28ClN5O6/c1-41-26-16-19(15-25(36(39)40)28(26)42-18-27(37)33-22-13-11-21(31)12-14-22)17-32-35-29(20-7-3-2-4-8-20)34-24-10-6-5-9-23(24)30(35)38/h5-6,9-17,20H,2-4,7-8,18H2,1H3,(H,33,37). The van der Waals surface area contributed by atoms with Crippen molar-refractivity contribution in [3.05, 3.63) is 97.5 Å². The van der Waals surface area contributed by atoms with E-state index in [0.717, 1.165) is 32.1 Å². The van der Waals surface area contributed by atoms with Crippen LogP contribution in [-0.2, 0) is 4.79 Å². The fourth-order valence-corrected chi connectivity index (χ4v) is 5.11. The van der Waals surface area contributed by atoms with Crippen LogP contribution >= 0.6 is 11.6 Å². The van der Waals surface area contributed by atoms with E-state index in [1.807, 2.05) is 6.07 Å². The molecule has 0 atom stereocenters. The highest BCUT2D eigenvalue weighted by Gasteiger charge is 2.25. The Hall–Kier alpha value is -4.77. The lowest BCUT2D eigenvalue weighted by Crippen LogP contribution is -2.25. The molecule has 1 saturated carbocycles. The van der Waals surface area contributed by atoms with Crippen LogP contribution in [0.4, 0.5) is 11.4 Å². The van der Waals surface area contributed by atoms with Gasteiger partial charge in [-0.15, -0.1) is 0 Å². The smallest absolute Gasteiger partial charge is 0.315 e. The molecule has 1 aliphatic carbocycles. The summed E-state index contributed by atoms with van der Waals surface area (Å²) >= 11 is 5.87. The quantitative estimate of drug-likeness (QED) is 0.145. The van der Waals surface area contributed by atoms with Crippen LogP contribution in [0.25, 0.3) is 10.9 Å². The van der Waals surface area contributed by atoms with E-state index in [1.165, 1.54) is 30.1 Å². The number of hydrogen-bond acceptors (Lipinski definition) is 8. The van der Waals surface area contributed by atoms with Crippen LogP contribution in [0.15, 0.2) is 70.6 Å². The van der Waals surface area contributed by atoms with Crippen molar-refractivity contribution in [2.75, 3.05) is 19.0 Å². The second-order valence-electron chi connectivity index (χ2n) is 9.86. The number of amides is 1. The number of halogens is 1. The molecule has 1 heterocycles. The predicted octanol–water partition coefficient (Wildman–Crippen LogP) is 5.91. The van der Waals surface area contributed by atoms with E-state index < -0.39 is 23.1 Å². The zero-order chi connectivity index (χ0) is 29.6. The maximum atomic E-state index is 13.5. The van der Waals surface area contributed by atoms with Crippen molar-refractivity contribution in [2.45, 2.75) is 38.0 Å². The number of nitrogens with zero attached hydrogens (tertiary/aromatic N) is 4. The number of nitro benzene ring substituents is 1. The minimum Gasteiger partial charge on any atom is -0.493 e. The predicted molar refractivity (Wildman–Crippen MR) is 160 cm³/mol. The third-order valence-electron chi connectivity index (χ3n) is 7.02. The Balaban J connectivity index is 1.45. The molecule has 5 rings (SSSR count). The largest absolute Gasteiger partial charge is 0.493 e. The van der Waals surface area contributed by atoms with Gasteiger partial charge >= 0.3 is 5.69 Å². The second-order valence-corrected chi connectivity index (χ2v) is 10.3. The average Bonchev–Trinajstić information content (AvgIpc) is 3.00. The molecule has 1 aliphatic rings. The number of benzene rings is 3. The molecule has 1 N–H and O–H groups in total. The van der Waals surface area contributed by atoms with Crippen molar-refractivity contribution < 1.29 is 19.2 Å². The van der Waals surface area contributed by atoms with Crippen LogP contribution in [0.5, 0.6) is 11.5 Å². The summed E-state index contributed by atoms with van der Waals surface area (Å²) < 4.78 is 12.2. The SMILES string of the molecule is COc1cc(C=Nn2c(C3CCCCC3)nc3ccccc3c2=O)cc([N+](=O)[O-])c1OCC(=O)Nc1ccc(Cl)cc1. The Bertz CT molecular complexity index is 1710. The van der Waals surface area contributed by atoms with E-state index in [-0.39, 0.29) is 23.0 Å². The fraction of sp³-hybridized carbons (Fsp3) is 0.267. The van der Waals surface area contributed by atoms with E-state index in [1.54, 1.807) is 42.5 Å². The summed E-state index contributed by atoms with van der Waals surface area (Å²) in [7, 11) is 1.33. The van der Waals surface area contributed by atoms with Crippen LogP contribution in [-0.4, -0.2) is 40.4 Å². The minimum absolute atomic E-state index is 0.0291. The summed E-state index contributed by atoms with van der Waals surface area (Å²) in [5, 5.41) is 20.0. The molecule has 3 aromatic carbocycles. The highest BCUT2D eigenvalue weighted by atomic mass is 35.5. The molecule has 0 saturated heterocycles. The number of nitro groups is 1. The number of carbonyl (C=O) groups excluding carboxylic acids is 1. The Morgan fingerprint density at radius 3 is 2.62 bits per heavy atom. The van der Waals surface area contributed by atoms with Gasteiger partial charge in [0.1, 0.15) is 5.82 Å². The number of nitrogens with one attached hydrogen (secondary N) is 1. The van der Waals surface area contributed by atoms with Crippen LogP contribution in [0.2, 0.25) is 5.02 Å². The first-order valence-corrected chi connectivity index (χ1v) is 13.8. The number of anilines is 1. The summed E-state index contributed by atoms with van der Waals surface area (Å²) in [6.45, 7) is -0.504. The lowest BCUT2D eigenvalue weighted by molar-refractivity contribution is -0.385. The number of fused-ring (bicyclic) bond motifs is 1. The normalized spacial score (nSPS) is 13.8. The third-order valence-corrected chi connectivity index (χ3v) is 7.27. The molecule has 42 heavy (non-hydrogen) atoms. The topological polar surface area (TPSA) is 138 Å². The van der Waals surface area contributed by atoms with Crippen LogP contribution in [0, 0.1) is 10.1 Å². The van der Waals surface area contributed by atoms with E-state index in [4.69, 9.17) is 26.1 Å². The number of rotatable bonds is 9. The van der Waals surface area contributed by atoms with Gasteiger partial charge in [-0.1, -0.05) is 43.0 Å². The highest BCUT2D eigenvalue weighted by Crippen LogP contribution is 2.38. The first-order chi connectivity index (χ1) is 20.3. The molecule has 0 spiro atoms. The Labute approximate surface area is 245 Å². The van der Waals surface area contributed by atoms with Gasteiger partial charge in [-0.05, 0) is 55.3 Å². The molecule has 0 aliphatic heterocycles. The molecule has 0 unspecified atom stereocenters. The van der Waals surface area contributed by atoms with E-state index in [2.05, 4.69) is 10.4 Å². The molecule has 0 bridgehead atoms. The highest BCUT2D eigenvalue weighted by molar-refractivity contribution is 6.30.